The van der Waals surface area contributed by atoms with Crippen LogP contribution >= 0.6 is 15.9 Å². The van der Waals surface area contributed by atoms with E-state index < -0.39 is 28.3 Å². The van der Waals surface area contributed by atoms with Crippen LogP contribution in [0.25, 0.3) is 0 Å². The minimum absolute atomic E-state index is 0.0281. The molecule has 1 aliphatic heterocycles. The predicted molar refractivity (Wildman–Crippen MR) is 87.1 cm³/mol. The summed E-state index contributed by atoms with van der Waals surface area (Å²) in [5, 5.41) is 22.7. The molecule has 0 aromatic heterocycles. The second-order valence-corrected chi connectivity index (χ2v) is 5.82. The normalized spacial score (nSPS) is 14.1. The number of nitrogens with zero attached hydrogens (tertiary/aromatic N) is 2. The van der Waals surface area contributed by atoms with Crippen LogP contribution < -0.4 is 5.32 Å². The van der Waals surface area contributed by atoms with Gasteiger partial charge < -0.3 is 20.1 Å². The molecule has 0 atom stereocenters. The molecule has 134 valence electrons. The molecule has 0 fully saturated rings. The maximum Gasteiger partial charge on any atom is 0.337 e. The summed E-state index contributed by atoms with van der Waals surface area (Å²) in [4.78, 5) is 35.8. The number of methoxy groups -OCH3 is 1. The Labute approximate surface area is 149 Å². The first-order chi connectivity index (χ1) is 11.8. The zero-order valence-corrected chi connectivity index (χ0v) is 14.5. The van der Waals surface area contributed by atoms with E-state index in [0.29, 0.717) is 6.07 Å². The fraction of sp³-hybridized carbons (Fsp3) is 0.286. The summed E-state index contributed by atoms with van der Waals surface area (Å²) in [5.74, 6) is -2.27. The average molecular weight is 418 g/mol. The van der Waals surface area contributed by atoms with Gasteiger partial charge in [-0.1, -0.05) is 0 Å². The number of rotatable bonds is 6. The van der Waals surface area contributed by atoms with E-state index in [-0.39, 0.29) is 41.1 Å². The first-order valence-corrected chi connectivity index (χ1v) is 7.71. The number of nitro benzene ring substituents is 1. The molecule has 2 rings (SSSR count). The van der Waals surface area contributed by atoms with Gasteiger partial charge in [0.1, 0.15) is 17.2 Å². The van der Waals surface area contributed by atoms with Gasteiger partial charge in [0, 0.05) is 6.54 Å². The molecular weight excluding hydrogens is 405 g/mol. The van der Waals surface area contributed by atoms with Gasteiger partial charge in [0.25, 0.3) is 11.6 Å². The summed E-state index contributed by atoms with van der Waals surface area (Å²) < 4.78 is 18.1. The fourth-order valence-corrected chi connectivity index (χ4v) is 2.61. The second-order valence-electron chi connectivity index (χ2n) is 4.96. The van der Waals surface area contributed by atoms with Crippen LogP contribution in [0.4, 0.5) is 15.8 Å². The van der Waals surface area contributed by atoms with Crippen LogP contribution in [0.5, 0.6) is 0 Å². The number of benzene rings is 1. The molecule has 0 saturated carbocycles. The number of carbonyl (C=O) groups is 2. The minimum Gasteiger partial charge on any atom is -0.466 e. The van der Waals surface area contributed by atoms with Crippen molar-refractivity contribution in [3.05, 3.63) is 43.8 Å². The smallest absolute Gasteiger partial charge is 0.337 e. The standard InChI is InChI=1S/C14H13BrFN3O6/c1-25-14(22)7-6-18(2-3-20)13(21)12(7)17-10-4-8(15)9(16)5-11(10)19(23)24/h4-5,17,20H,2-3,6H2,1H3. The molecule has 0 unspecified atom stereocenters. The van der Waals surface area contributed by atoms with Crippen molar-refractivity contribution in [1.82, 2.24) is 4.90 Å². The van der Waals surface area contributed by atoms with E-state index in [1.54, 1.807) is 0 Å². The Morgan fingerprint density at radius 3 is 2.80 bits per heavy atom. The Morgan fingerprint density at radius 1 is 1.56 bits per heavy atom. The first kappa shape index (κ1) is 18.8. The van der Waals surface area contributed by atoms with Crippen LogP contribution in [0.2, 0.25) is 0 Å². The molecule has 0 radical (unpaired) electrons. The maximum absolute atomic E-state index is 13.6. The lowest BCUT2D eigenvalue weighted by atomic mass is 10.2. The largest absolute Gasteiger partial charge is 0.466 e. The summed E-state index contributed by atoms with van der Waals surface area (Å²) in [6.07, 6.45) is 0. The third-order valence-corrected chi connectivity index (χ3v) is 4.06. The average Bonchev–Trinajstić information content (AvgIpc) is 2.87. The summed E-state index contributed by atoms with van der Waals surface area (Å²) in [5.41, 5.74) is -1.04. The molecule has 1 aliphatic rings. The van der Waals surface area contributed by atoms with Gasteiger partial charge in [-0.15, -0.1) is 0 Å². The number of β-amino-alcohol motifs (C(OH)–C–C–N with tert-alkyl or cyclic N) is 1. The summed E-state index contributed by atoms with van der Waals surface area (Å²) in [7, 11) is 1.13. The van der Waals surface area contributed by atoms with Gasteiger partial charge in [0.2, 0.25) is 0 Å². The van der Waals surface area contributed by atoms with Crippen LogP contribution in [0.15, 0.2) is 27.9 Å². The van der Waals surface area contributed by atoms with Crippen LogP contribution in [0.1, 0.15) is 0 Å². The molecule has 11 heteroatoms. The zero-order valence-electron chi connectivity index (χ0n) is 12.9. The van der Waals surface area contributed by atoms with E-state index in [9.17, 15) is 24.1 Å². The van der Waals surface area contributed by atoms with Gasteiger partial charge in [0.15, 0.2) is 0 Å². The summed E-state index contributed by atoms with van der Waals surface area (Å²) in [6, 6.07) is 1.78. The Kier molecular flexibility index (Phi) is 5.69. The Morgan fingerprint density at radius 2 is 2.24 bits per heavy atom. The topological polar surface area (TPSA) is 122 Å². The highest BCUT2D eigenvalue weighted by atomic mass is 79.9. The number of esters is 1. The fourth-order valence-electron chi connectivity index (χ4n) is 2.27. The quantitative estimate of drug-likeness (QED) is 0.404. The lowest BCUT2D eigenvalue weighted by Crippen LogP contribution is -2.31. The van der Waals surface area contributed by atoms with Gasteiger partial charge in [-0.25, -0.2) is 9.18 Å². The van der Waals surface area contributed by atoms with E-state index >= 15 is 0 Å². The lowest BCUT2D eigenvalue weighted by Gasteiger charge is -2.15. The first-order valence-electron chi connectivity index (χ1n) is 6.92. The van der Waals surface area contributed by atoms with Crippen molar-refractivity contribution in [3.63, 3.8) is 0 Å². The number of aliphatic hydroxyl groups excluding tert-OH is 1. The second kappa shape index (κ2) is 7.57. The molecule has 25 heavy (non-hydrogen) atoms. The molecule has 1 heterocycles. The van der Waals surface area contributed by atoms with Crippen molar-refractivity contribution in [2.24, 2.45) is 0 Å². The van der Waals surface area contributed by atoms with E-state index in [2.05, 4.69) is 26.0 Å². The van der Waals surface area contributed by atoms with E-state index in [1.807, 2.05) is 0 Å². The summed E-state index contributed by atoms with van der Waals surface area (Å²) >= 11 is 2.91. The predicted octanol–water partition coefficient (Wildman–Crippen LogP) is 1.17. The third-order valence-electron chi connectivity index (χ3n) is 3.45. The van der Waals surface area contributed by atoms with Crippen molar-refractivity contribution in [1.29, 1.82) is 0 Å². The number of amides is 1. The number of hydrogen-bond donors (Lipinski definition) is 2. The van der Waals surface area contributed by atoms with Gasteiger partial charge in [-0.2, -0.15) is 0 Å². The minimum atomic E-state index is -0.848. The SMILES string of the molecule is COC(=O)C1=C(Nc2cc(Br)c(F)cc2[N+](=O)[O-])C(=O)N(CCO)C1. The highest BCUT2D eigenvalue weighted by Crippen LogP contribution is 2.33. The molecule has 1 amide bonds. The monoisotopic (exact) mass is 417 g/mol. The molecule has 1 aromatic carbocycles. The van der Waals surface area contributed by atoms with Crippen molar-refractivity contribution < 1.29 is 28.7 Å². The molecule has 9 nitrogen and oxygen atoms in total. The van der Waals surface area contributed by atoms with Gasteiger partial charge in [-0.3, -0.25) is 14.9 Å². The third kappa shape index (κ3) is 3.77. The Hall–Kier alpha value is -2.53. The highest BCUT2D eigenvalue weighted by Gasteiger charge is 2.35. The number of aliphatic hydroxyl groups is 1. The Bertz CT molecular complexity index is 782. The number of nitrogens with one attached hydrogen (secondary N) is 1. The number of halogens is 2. The van der Waals surface area contributed by atoms with E-state index in [1.165, 1.54) is 4.90 Å². The number of hydrogen-bond acceptors (Lipinski definition) is 7. The van der Waals surface area contributed by atoms with E-state index in [4.69, 9.17) is 5.11 Å². The Balaban J connectivity index is 2.48. The van der Waals surface area contributed by atoms with Gasteiger partial charge in [-0.05, 0) is 22.0 Å². The molecule has 0 saturated heterocycles. The molecule has 0 spiro atoms. The van der Waals surface area contributed by atoms with Crippen LogP contribution in [0.3, 0.4) is 0 Å². The van der Waals surface area contributed by atoms with E-state index in [0.717, 1.165) is 13.2 Å². The van der Waals surface area contributed by atoms with Crippen molar-refractivity contribution in [2.75, 3.05) is 32.1 Å². The molecular formula is C14H13BrFN3O6. The van der Waals surface area contributed by atoms with Crippen LogP contribution in [-0.4, -0.2) is 53.6 Å². The number of nitro groups is 1. The number of ether oxygens (including phenoxy) is 1. The zero-order chi connectivity index (χ0) is 18.7. The molecule has 0 bridgehead atoms. The van der Waals surface area contributed by atoms with Crippen molar-refractivity contribution in [3.8, 4) is 0 Å². The highest BCUT2D eigenvalue weighted by molar-refractivity contribution is 9.10. The molecule has 2 N–H and O–H groups in total. The van der Waals surface area contributed by atoms with Gasteiger partial charge >= 0.3 is 5.97 Å². The number of carbonyl (C=O) groups excluding carboxylic acids is 2. The van der Waals surface area contributed by atoms with Crippen LogP contribution in [0, 0.1) is 15.9 Å². The van der Waals surface area contributed by atoms with Crippen molar-refractivity contribution >= 4 is 39.2 Å². The lowest BCUT2D eigenvalue weighted by molar-refractivity contribution is -0.384. The summed E-state index contributed by atoms with van der Waals surface area (Å²) in [6.45, 7) is -0.472. The molecule has 1 aromatic rings. The molecule has 0 aliphatic carbocycles. The van der Waals surface area contributed by atoms with Gasteiger partial charge in [0.05, 0.1) is 41.3 Å². The van der Waals surface area contributed by atoms with Crippen LogP contribution in [-0.2, 0) is 14.3 Å². The maximum atomic E-state index is 13.6. The number of anilines is 1. The van der Waals surface area contributed by atoms with Crippen molar-refractivity contribution in [2.45, 2.75) is 0 Å².